The lowest BCUT2D eigenvalue weighted by molar-refractivity contribution is -0.324. The zero-order chi connectivity index (χ0) is 23.8. The minimum atomic E-state index is -0.931. The molecule has 4 rings (SSSR count). The molecule has 0 aliphatic carbocycles. The molecule has 2 heterocycles. The highest BCUT2D eigenvalue weighted by atomic mass is 16.7. The van der Waals surface area contributed by atoms with E-state index in [1.165, 1.54) is 0 Å². The molecule has 2 fully saturated rings. The van der Waals surface area contributed by atoms with Gasteiger partial charge in [-0.05, 0) is 11.1 Å². The predicted molar refractivity (Wildman–Crippen MR) is 121 cm³/mol. The van der Waals surface area contributed by atoms with Crippen molar-refractivity contribution >= 4 is 6.09 Å². The second-order valence-corrected chi connectivity index (χ2v) is 7.77. The average Bonchev–Trinajstić information content (AvgIpc) is 2.88. The second-order valence-electron chi connectivity index (χ2n) is 7.77. The van der Waals surface area contributed by atoms with Gasteiger partial charge in [-0.3, -0.25) is 0 Å². The Morgan fingerprint density at radius 1 is 1.18 bits per heavy atom. The Hall–Kier alpha value is -3.40. The van der Waals surface area contributed by atoms with Crippen LogP contribution in [0.25, 0.3) is 10.4 Å². The predicted octanol–water partition coefficient (Wildman–Crippen LogP) is 4.00. The molecule has 2 aromatic carbocycles. The molecule has 2 aliphatic rings. The van der Waals surface area contributed by atoms with E-state index in [0.717, 1.165) is 11.1 Å². The van der Waals surface area contributed by atoms with E-state index in [1.807, 2.05) is 60.7 Å². The minimum Gasteiger partial charge on any atom is -0.445 e. The molecule has 2 saturated heterocycles. The van der Waals surface area contributed by atoms with Crippen molar-refractivity contribution in [2.24, 2.45) is 5.11 Å². The van der Waals surface area contributed by atoms with Gasteiger partial charge in [0, 0.05) is 10.5 Å². The number of hydrogen-bond donors (Lipinski definition) is 1. The first kappa shape index (κ1) is 23.7. The molecule has 34 heavy (non-hydrogen) atoms. The maximum Gasteiger partial charge on any atom is 0.407 e. The molecule has 0 aromatic heterocycles. The van der Waals surface area contributed by atoms with Gasteiger partial charge >= 0.3 is 6.09 Å². The summed E-state index contributed by atoms with van der Waals surface area (Å²) in [4.78, 5) is 15.6. The molecule has 0 saturated carbocycles. The number of carbonyl (C=O) groups is 1. The molecule has 0 spiro atoms. The lowest BCUT2D eigenvalue weighted by Crippen LogP contribution is -2.66. The highest BCUT2D eigenvalue weighted by molar-refractivity contribution is 5.67. The molecule has 6 atom stereocenters. The SMILES string of the molecule is C=CCO[C@@H]1O[C@@H]2CO[C@@H](c3ccccc3)O[C@H]2[C@@H](N=[N+]=[N-])[C@H]1NC(=O)OCc1ccccc1. The molecular weight excluding hydrogens is 440 g/mol. The highest BCUT2D eigenvalue weighted by Gasteiger charge is 2.50. The summed E-state index contributed by atoms with van der Waals surface area (Å²) >= 11 is 0. The Morgan fingerprint density at radius 2 is 1.91 bits per heavy atom. The van der Waals surface area contributed by atoms with Crippen LogP contribution in [0.15, 0.2) is 78.4 Å². The number of nitrogens with zero attached hydrogens (tertiary/aromatic N) is 3. The van der Waals surface area contributed by atoms with E-state index in [9.17, 15) is 10.3 Å². The van der Waals surface area contributed by atoms with Crippen LogP contribution in [0.3, 0.4) is 0 Å². The lowest BCUT2D eigenvalue weighted by Gasteiger charge is -2.48. The van der Waals surface area contributed by atoms with Crippen molar-refractivity contribution in [2.75, 3.05) is 13.2 Å². The molecule has 0 bridgehead atoms. The third kappa shape index (κ3) is 5.74. The van der Waals surface area contributed by atoms with Gasteiger partial charge in [0.2, 0.25) is 0 Å². The van der Waals surface area contributed by atoms with Gasteiger partial charge in [0.25, 0.3) is 0 Å². The Morgan fingerprint density at radius 3 is 2.62 bits per heavy atom. The standard InChI is InChI=1S/C24H26N4O6/c1-2-13-30-23-20(26-24(29)32-14-16-9-5-3-6-10-16)19(27-28-25)21-18(33-23)15-31-22(34-21)17-11-7-4-8-12-17/h2-12,18-23H,1,13-15H2,(H,26,29)/t18-,19+,20-,21-,22-,23-/m1/s1. The van der Waals surface area contributed by atoms with E-state index in [0.29, 0.717) is 0 Å². The van der Waals surface area contributed by atoms with Gasteiger partial charge in [-0.25, -0.2) is 4.79 Å². The van der Waals surface area contributed by atoms with Gasteiger partial charge in [-0.15, -0.1) is 6.58 Å². The third-order valence-corrected chi connectivity index (χ3v) is 5.50. The molecule has 2 aromatic rings. The minimum absolute atomic E-state index is 0.0804. The van der Waals surface area contributed by atoms with Crippen LogP contribution < -0.4 is 5.32 Å². The Kier molecular flexibility index (Phi) is 8.13. The third-order valence-electron chi connectivity index (χ3n) is 5.50. The molecule has 1 N–H and O–H groups in total. The first-order chi connectivity index (χ1) is 16.7. The Bertz CT molecular complexity index is 1000. The van der Waals surface area contributed by atoms with Crippen LogP contribution in [0.4, 0.5) is 4.79 Å². The van der Waals surface area contributed by atoms with Gasteiger partial charge in [0.1, 0.15) is 18.8 Å². The van der Waals surface area contributed by atoms with Gasteiger partial charge in [-0.1, -0.05) is 71.9 Å². The van der Waals surface area contributed by atoms with Crippen LogP contribution >= 0.6 is 0 Å². The summed E-state index contributed by atoms with van der Waals surface area (Å²) in [5.74, 6) is 0. The van der Waals surface area contributed by atoms with E-state index < -0.39 is 43.0 Å². The largest absolute Gasteiger partial charge is 0.445 e. The maximum absolute atomic E-state index is 12.6. The van der Waals surface area contributed by atoms with Crippen molar-refractivity contribution < 1.29 is 28.5 Å². The van der Waals surface area contributed by atoms with Gasteiger partial charge in [-0.2, -0.15) is 0 Å². The van der Waals surface area contributed by atoms with E-state index in [4.69, 9.17) is 23.7 Å². The number of benzene rings is 2. The summed E-state index contributed by atoms with van der Waals surface area (Å²) in [5, 5.41) is 6.69. The normalized spacial score (nSPS) is 28.1. The molecule has 178 valence electrons. The van der Waals surface area contributed by atoms with E-state index in [1.54, 1.807) is 6.08 Å². The van der Waals surface area contributed by atoms with Crippen molar-refractivity contribution in [3.8, 4) is 0 Å². The summed E-state index contributed by atoms with van der Waals surface area (Å²) in [6.07, 6.45) is -1.99. The molecular formula is C24H26N4O6. The average molecular weight is 466 g/mol. The summed E-state index contributed by atoms with van der Waals surface area (Å²) in [7, 11) is 0. The molecule has 10 nitrogen and oxygen atoms in total. The summed E-state index contributed by atoms with van der Waals surface area (Å²) in [5.41, 5.74) is 10.9. The zero-order valence-electron chi connectivity index (χ0n) is 18.4. The zero-order valence-corrected chi connectivity index (χ0v) is 18.4. The van der Waals surface area contributed by atoms with Crippen LogP contribution in [-0.4, -0.2) is 49.9 Å². The number of alkyl carbamates (subject to hydrolysis) is 1. The summed E-state index contributed by atoms with van der Waals surface area (Å²) < 4.78 is 29.2. The number of rotatable bonds is 8. The van der Waals surface area contributed by atoms with Crippen LogP contribution in [0, 0.1) is 0 Å². The number of azide groups is 1. The van der Waals surface area contributed by atoms with Crippen LogP contribution in [0.2, 0.25) is 0 Å². The monoisotopic (exact) mass is 466 g/mol. The molecule has 1 amide bonds. The van der Waals surface area contributed by atoms with Crippen molar-refractivity contribution in [1.82, 2.24) is 5.32 Å². The van der Waals surface area contributed by atoms with E-state index in [-0.39, 0.29) is 19.8 Å². The van der Waals surface area contributed by atoms with Gasteiger partial charge in [0.05, 0.1) is 25.3 Å². The molecule has 0 radical (unpaired) electrons. The highest BCUT2D eigenvalue weighted by Crippen LogP contribution is 2.35. The van der Waals surface area contributed by atoms with E-state index >= 15 is 0 Å². The molecule has 0 unspecified atom stereocenters. The van der Waals surface area contributed by atoms with Crippen LogP contribution in [0.5, 0.6) is 0 Å². The van der Waals surface area contributed by atoms with Crippen LogP contribution in [0.1, 0.15) is 17.4 Å². The van der Waals surface area contributed by atoms with Crippen molar-refractivity contribution in [3.05, 3.63) is 94.9 Å². The van der Waals surface area contributed by atoms with Gasteiger partial charge in [0.15, 0.2) is 12.6 Å². The van der Waals surface area contributed by atoms with Crippen molar-refractivity contribution in [2.45, 2.75) is 43.5 Å². The second kappa shape index (κ2) is 11.6. The van der Waals surface area contributed by atoms with Crippen LogP contribution in [-0.2, 0) is 30.3 Å². The Labute approximate surface area is 197 Å². The van der Waals surface area contributed by atoms with Crippen molar-refractivity contribution in [1.29, 1.82) is 0 Å². The fourth-order valence-electron chi connectivity index (χ4n) is 3.93. The summed E-state index contributed by atoms with van der Waals surface area (Å²) in [6, 6.07) is 17.0. The number of fused-ring (bicyclic) bond motifs is 1. The topological polar surface area (TPSA) is 124 Å². The first-order valence-electron chi connectivity index (χ1n) is 10.9. The van der Waals surface area contributed by atoms with E-state index in [2.05, 4.69) is 21.9 Å². The smallest absolute Gasteiger partial charge is 0.407 e. The number of carbonyl (C=O) groups excluding carboxylic acids is 1. The van der Waals surface area contributed by atoms with Gasteiger partial charge < -0.3 is 29.0 Å². The lowest BCUT2D eigenvalue weighted by atomic mass is 9.93. The fourth-order valence-corrected chi connectivity index (χ4v) is 3.93. The Balaban J connectivity index is 1.51. The molecule has 2 aliphatic heterocycles. The number of amides is 1. The number of hydrogen-bond acceptors (Lipinski definition) is 7. The fraction of sp³-hybridized carbons (Fsp3) is 0.375. The van der Waals surface area contributed by atoms with Crippen molar-refractivity contribution in [3.63, 3.8) is 0 Å². The quantitative estimate of drug-likeness (QED) is 0.271. The summed E-state index contributed by atoms with van der Waals surface area (Å²) in [6.45, 7) is 4.09. The number of nitrogens with one attached hydrogen (secondary N) is 1. The molecule has 10 heteroatoms. The maximum atomic E-state index is 12.6. The first-order valence-corrected chi connectivity index (χ1v) is 10.9. The number of ether oxygens (including phenoxy) is 5.